The van der Waals surface area contributed by atoms with Gasteiger partial charge < -0.3 is 10.4 Å². The van der Waals surface area contributed by atoms with Gasteiger partial charge in [0.1, 0.15) is 0 Å². The molecule has 0 amide bonds. The summed E-state index contributed by atoms with van der Waals surface area (Å²) in [6.07, 6.45) is 8.68. The summed E-state index contributed by atoms with van der Waals surface area (Å²) in [7, 11) is 0. The Morgan fingerprint density at radius 1 is 1.12 bits per heavy atom. The van der Waals surface area contributed by atoms with Crippen LogP contribution in [0.1, 0.15) is 44.9 Å². The molecular formula is C14H26N2O. The van der Waals surface area contributed by atoms with Gasteiger partial charge in [-0.3, -0.25) is 4.90 Å². The van der Waals surface area contributed by atoms with Gasteiger partial charge in [-0.1, -0.05) is 19.3 Å². The lowest BCUT2D eigenvalue weighted by Crippen LogP contribution is -2.43. The summed E-state index contributed by atoms with van der Waals surface area (Å²) in [5.74, 6) is 0. The molecule has 0 aromatic carbocycles. The Morgan fingerprint density at radius 2 is 2.00 bits per heavy atom. The van der Waals surface area contributed by atoms with Crippen molar-refractivity contribution in [1.29, 1.82) is 0 Å². The first-order valence-corrected chi connectivity index (χ1v) is 7.42. The summed E-state index contributed by atoms with van der Waals surface area (Å²) in [6, 6.07) is 0.456. The van der Waals surface area contributed by atoms with E-state index in [0.717, 1.165) is 6.42 Å². The Morgan fingerprint density at radius 3 is 2.82 bits per heavy atom. The van der Waals surface area contributed by atoms with Crippen molar-refractivity contribution < 1.29 is 5.11 Å². The Labute approximate surface area is 105 Å². The molecule has 3 heteroatoms. The Kier molecular flexibility index (Phi) is 3.42. The average molecular weight is 238 g/mol. The maximum absolute atomic E-state index is 10.3. The summed E-state index contributed by atoms with van der Waals surface area (Å²) >= 11 is 0. The number of hydrogen-bond donors (Lipinski definition) is 2. The molecule has 1 saturated carbocycles. The van der Waals surface area contributed by atoms with Crippen molar-refractivity contribution in [3.05, 3.63) is 0 Å². The van der Waals surface area contributed by atoms with Gasteiger partial charge in [0, 0.05) is 19.1 Å². The molecule has 3 aliphatic rings. The summed E-state index contributed by atoms with van der Waals surface area (Å²) < 4.78 is 0. The van der Waals surface area contributed by atoms with Crippen molar-refractivity contribution in [1.82, 2.24) is 10.2 Å². The highest BCUT2D eigenvalue weighted by molar-refractivity contribution is 4.98. The van der Waals surface area contributed by atoms with Crippen molar-refractivity contribution in [2.75, 3.05) is 26.2 Å². The van der Waals surface area contributed by atoms with Crippen molar-refractivity contribution >= 4 is 0 Å². The summed E-state index contributed by atoms with van der Waals surface area (Å²) in [4.78, 5) is 2.60. The van der Waals surface area contributed by atoms with E-state index in [1.54, 1.807) is 0 Å². The zero-order chi connectivity index (χ0) is 11.7. The molecule has 0 bridgehead atoms. The van der Waals surface area contributed by atoms with Crippen molar-refractivity contribution in [3.63, 3.8) is 0 Å². The standard InChI is InChI=1S/C14H26N2O/c17-13-5-3-1-2-4-12(13)16-9-7-14(11-16)6-8-15-10-14/h12-13,15,17H,1-11H2. The Hall–Kier alpha value is -0.120. The molecule has 3 nitrogen and oxygen atoms in total. The van der Waals surface area contributed by atoms with E-state index in [0.29, 0.717) is 11.5 Å². The normalized spacial score (nSPS) is 44.3. The third kappa shape index (κ3) is 2.38. The minimum Gasteiger partial charge on any atom is -0.391 e. The van der Waals surface area contributed by atoms with Gasteiger partial charge in [0.15, 0.2) is 0 Å². The van der Waals surface area contributed by atoms with Gasteiger partial charge >= 0.3 is 0 Å². The summed E-state index contributed by atoms with van der Waals surface area (Å²) in [6.45, 7) is 4.83. The molecule has 98 valence electrons. The fraction of sp³-hybridized carbons (Fsp3) is 1.00. The van der Waals surface area contributed by atoms with Crippen LogP contribution in [0.15, 0.2) is 0 Å². The van der Waals surface area contributed by atoms with Crippen LogP contribution in [0, 0.1) is 5.41 Å². The van der Waals surface area contributed by atoms with E-state index in [-0.39, 0.29) is 6.10 Å². The largest absolute Gasteiger partial charge is 0.391 e. The fourth-order valence-electron chi connectivity index (χ4n) is 4.09. The predicted octanol–water partition coefficient (Wildman–Crippen LogP) is 1.37. The molecule has 2 heterocycles. The van der Waals surface area contributed by atoms with E-state index in [1.807, 2.05) is 0 Å². The minimum atomic E-state index is -0.0676. The molecule has 3 unspecified atom stereocenters. The number of rotatable bonds is 1. The van der Waals surface area contributed by atoms with Gasteiger partial charge in [0.25, 0.3) is 0 Å². The van der Waals surface area contributed by atoms with Crippen molar-refractivity contribution in [3.8, 4) is 0 Å². The topological polar surface area (TPSA) is 35.5 Å². The van der Waals surface area contributed by atoms with Crippen LogP contribution in [0.2, 0.25) is 0 Å². The zero-order valence-electron chi connectivity index (χ0n) is 10.8. The second-order valence-corrected chi connectivity index (χ2v) is 6.42. The molecule has 3 rings (SSSR count). The zero-order valence-corrected chi connectivity index (χ0v) is 10.8. The smallest absolute Gasteiger partial charge is 0.0695 e. The molecule has 2 N–H and O–H groups in total. The van der Waals surface area contributed by atoms with Crippen LogP contribution in [0.3, 0.4) is 0 Å². The number of likely N-dealkylation sites (tertiary alicyclic amines) is 1. The molecule has 1 spiro atoms. The van der Waals surface area contributed by atoms with Gasteiger partial charge in [-0.05, 0) is 44.2 Å². The first-order valence-electron chi connectivity index (χ1n) is 7.42. The molecule has 3 atom stereocenters. The SMILES string of the molecule is OC1CCCCCC1N1CCC2(CCNC2)C1. The summed E-state index contributed by atoms with van der Waals surface area (Å²) in [5.41, 5.74) is 0.548. The lowest BCUT2D eigenvalue weighted by molar-refractivity contribution is 0.0513. The van der Waals surface area contributed by atoms with E-state index in [9.17, 15) is 5.11 Å². The first kappa shape index (κ1) is 11.9. The van der Waals surface area contributed by atoms with Crippen LogP contribution in [0.5, 0.6) is 0 Å². The Bertz CT molecular complexity index is 263. The molecule has 0 radical (unpaired) electrons. The van der Waals surface area contributed by atoms with Crippen molar-refractivity contribution in [2.45, 2.75) is 57.1 Å². The number of hydrogen-bond acceptors (Lipinski definition) is 3. The monoisotopic (exact) mass is 238 g/mol. The number of nitrogens with zero attached hydrogens (tertiary/aromatic N) is 1. The second-order valence-electron chi connectivity index (χ2n) is 6.42. The number of aliphatic hydroxyl groups excluding tert-OH is 1. The maximum atomic E-state index is 10.3. The molecule has 2 saturated heterocycles. The van der Waals surface area contributed by atoms with E-state index in [2.05, 4.69) is 10.2 Å². The van der Waals surface area contributed by atoms with Crippen LogP contribution in [0.25, 0.3) is 0 Å². The van der Waals surface area contributed by atoms with Gasteiger partial charge in [-0.2, -0.15) is 0 Å². The third-order valence-corrected chi connectivity index (χ3v) is 5.21. The average Bonchev–Trinajstić information content (AvgIpc) is 2.90. The lowest BCUT2D eigenvalue weighted by atomic mass is 9.86. The second kappa shape index (κ2) is 4.87. The fourth-order valence-corrected chi connectivity index (χ4v) is 4.09. The van der Waals surface area contributed by atoms with E-state index < -0.39 is 0 Å². The van der Waals surface area contributed by atoms with E-state index >= 15 is 0 Å². The molecular weight excluding hydrogens is 212 g/mol. The molecule has 3 fully saturated rings. The van der Waals surface area contributed by atoms with Crippen LogP contribution in [-0.2, 0) is 0 Å². The quantitative estimate of drug-likeness (QED) is 0.677. The molecule has 1 aliphatic carbocycles. The first-order chi connectivity index (χ1) is 8.29. The Balaban J connectivity index is 1.64. The highest BCUT2D eigenvalue weighted by Crippen LogP contribution is 2.38. The van der Waals surface area contributed by atoms with Crippen LogP contribution >= 0.6 is 0 Å². The number of aliphatic hydroxyl groups is 1. The highest BCUT2D eigenvalue weighted by atomic mass is 16.3. The molecule has 2 aliphatic heterocycles. The summed E-state index contributed by atoms with van der Waals surface area (Å²) in [5, 5.41) is 13.8. The van der Waals surface area contributed by atoms with Gasteiger partial charge in [-0.15, -0.1) is 0 Å². The minimum absolute atomic E-state index is 0.0676. The lowest BCUT2D eigenvalue weighted by Gasteiger charge is -2.32. The van der Waals surface area contributed by atoms with Gasteiger partial charge in [-0.25, -0.2) is 0 Å². The maximum Gasteiger partial charge on any atom is 0.0695 e. The van der Waals surface area contributed by atoms with Crippen LogP contribution in [-0.4, -0.2) is 48.3 Å². The van der Waals surface area contributed by atoms with Crippen molar-refractivity contribution in [2.24, 2.45) is 5.41 Å². The highest BCUT2D eigenvalue weighted by Gasteiger charge is 2.43. The molecule has 0 aromatic rings. The van der Waals surface area contributed by atoms with E-state index in [4.69, 9.17) is 0 Å². The van der Waals surface area contributed by atoms with Crippen LogP contribution < -0.4 is 5.32 Å². The molecule has 0 aromatic heterocycles. The van der Waals surface area contributed by atoms with E-state index in [1.165, 1.54) is 64.7 Å². The predicted molar refractivity (Wildman–Crippen MR) is 69.0 cm³/mol. The molecule has 17 heavy (non-hydrogen) atoms. The third-order valence-electron chi connectivity index (χ3n) is 5.21. The van der Waals surface area contributed by atoms with Gasteiger partial charge in [0.05, 0.1) is 6.10 Å². The van der Waals surface area contributed by atoms with Gasteiger partial charge in [0.2, 0.25) is 0 Å². The number of nitrogens with one attached hydrogen (secondary N) is 1. The van der Waals surface area contributed by atoms with Crippen LogP contribution in [0.4, 0.5) is 0 Å².